The Balaban J connectivity index is 2.36. The van der Waals surface area contributed by atoms with Gasteiger partial charge in [-0.15, -0.1) is 0 Å². The standard InChI is InChI=1S/C14H28N4O2S/c1-4-14(13-15,16-5-2)7-6-8-17-9-11-18(12-10-17)21(3,19)20/h16H,4-12H2,1-3H3. The number of nitrogens with one attached hydrogen (secondary N) is 1. The van der Waals surface area contributed by atoms with Crippen LogP contribution in [0.2, 0.25) is 0 Å². The Labute approximate surface area is 129 Å². The van der Waals surface area contributed by atoms with Gasteiger partial charge in [0.2, 0.25) is 10.0 Å². The third-order valence-electron chi connectivity index (χ3n) is 4.21. The van der Waals surface area contributed by atoms with Crippen LogP contribution in [0.3, 0.4) is 0 Å². The molecule has 1 atom stereocenters. The van der Waals surface area contributed by atoms with Crippen LogP contribution in [0.5, 0.6) is 0 Å². The van der Waals surface area contributed by atoms with E-state index in [0.717, 1.165) is 45.4 Å². The molecule has 6 nitrogen and oxygen atoms in total. The van der Waals surface area contributed by atoms with Gasteiger partial charge in [-0.2, -0.15) is 9.57 Å². The topological polar surface area (TPSA) is 76.4 Å². The van der Waals surface area contributed by atoms with Crippen LogP contribution >= 0.6 is 0 Å². The van der Waals surface area contributed by atoms with Crippen molar-refractivity contribution in [2.24, 2.45) is 0 Å². The average Bonchev–Trinajstić information content (AvgIpc) is 2.46. The highest BCUT2D eigenvalue weighted by molar-refractivity contribution is 7.88. The van der Waals surface area contributed by atoms with E-state index in [0.29, 0.717) is 13.1 Å². The summed E-state index contributed by atoms with van der Waals surface area (Å²) in [5.41, 5.74) is -0.413. The maximum Gasteiger partial charge on any atom is 0.211 e. The summed E-state index contributed by atoms with van der Waals surface area (Å²) in [6.45, 7) is 8.48. The Hall–Kier alpha value is -0.680. The van der Waals surface area contributed by atoms with Gasteiger partial charge in [0.1, 0.15) is 5.54 Å². The van der Waals surface area contributed by atoms with Crippen LogP contribution in [0, 0.1) is 11.3 Å². The molecule has 0 aromatic carbocycles. The zero-order valence-electron chi connectivity index (χ0n) is 13.4. The van der Waals surface area contributed by atoms with Crippen molar-refractivity contribution in [2.45, 2.75) is 38.6 Å². The fourth-order valence-corrected chi connectivity index (χ4v) is 3.62. The molecule has 0 radical (unpaired) electrons. The minimum Gasteiger partial charge on any atom is -0.301 e. The van der Waals surface area contributed by atoms with Crippen molar-refractivity contribution in [3.05, 3.63) is 0 Å². The smallest absolute Gasteiger partial charge is 0.211 e. The van der Waals surface area contributed by atoms with Gasteiger partial charge < -0.3 is 4.90 Å². The quantitative estimate of drug-likeness (QED) is 0.710. The summed E-state index contributed by atoms with van der Waals surface area (Å²) in [6.07, 6.45) is 3.86. The predicted molar refractivity (Wildman–Crippen MR) is 84.4 cm³/mol. The zero-order valence-corrected chi connectivity index (χ0v) is 14.2. The summed E-state index contributed by atoms with van der Waals surface area (Å²) in [7, 11) is -3.05. The molecule has 7 heteroatoms. The van der Waals surface area contributed by atoms with Crippen LogP contribution in [-0.2, 0) is 10.0 Å². The highest BCUT2D eigenvalue weighted by atomic mass is 32.2. The molecule has 1 fully saturated rings. The molecule has 0 saturated carbocycles. The number of piperazine rings is 1. The SMILES string of the molecule is CCNC(C#N)(CC)CCCN1CCN(S(C)(=O)=O)CC1. The minimum atomic E-state index is -3.05. The number of nitrogens with zero attached hydrogens (tertiary/aromatic N) is 3. The number of hydrogen-bond donors (Lipinski definition) is 1. The molecule has 0 spiro atoms. The first kappa shape index (κ1) is 18.4. The molecule has 0 aliphatic carbocycles. The summed E-state index contributed by atoms with van der Waals surface area (Å²) in [5.74, 6) is 0. The molecule has 1 heterocycles. The van der Waals surface area contributed by atoms with E-state index in [9.17, 15) is 13.7 Å². The van der Waals surface area contributed by atoms with Crippen molar-refractivity contribution >= 4 is 10.0 Å². The van der Waals surface area contributed by atoms with E-state index in [1.165, 1.54) is 10.6 Å². The van der Waals surface area contributed by atoms with Gasteiger partial charge in [-0.1, -0.05) is 13.8 Å². The lowest BCUT2D eigenvalue weighted by molar-refractivity contribution is 0.181. The van der Waals surface area contributed by atoms with Crippen molar-refractivity contribution in [1.29, 1.82) is 5.26 Å². The number of nitriles is 1. The van der Waals surface area contributed by atoms with Crippen LogP contribution in [0.15, 0.2) is 0 Å². The average molecular weight is 316 g/mol. The Morgan fingerprint density at radius 3 is 2.29 bits per heavy atom. The minimum absolute atomic E-state index is 0.413. The molecule has 0 aromatic rings. The molecule has 0 aromatic heterocycles. The molecule has 122 valence electrons. The van der Waals surface area contributed by atoms with Crippen molar-refractivity contribution in [3.8, 4) is 6.07 Å². The lowest BCUT2D eigenvalue weighted by Crippen LogP contribution is -2.49. The third kappa shape index (κ3) is 5.55. The van der Waals surface area contributed by atoms with Crippen LogP contribution < -0.4 is 5.32 Å². The lowest BCUT2D eigenvalue weighted by Gasteiger charge is -2.34. The van der Waals surface area contributed by atoms with E-state index in [1.807, 2.05) is 13.8 Å². The molecule has 0 bridgehead atoms. The Morgan fingerprint density at radius 1 is 1.24 bits per heavy atom. The molecule has 1 aliphatic rings. The summed E-state index contributed by atoms with van der Waals surface area (Å²) in [5, 5.41) is 12.7. The Kier molecular flexibility index (Phi) is 7.07. The van der Waals surface area contributed by atoms with E-state index < -0.39 is 15.6 Å². The normalized spacial score (nSPS) is 20.9. The van der Waals surface area contributed by atoms with E-state index in [4.69, 9.17) is 0 Å². The molecule has 0 amide bonds. The third-order valence-corrected chi connectivity index (χ3v) is 5.51. The van der Waals surface area contributed by atoms with Crippen molar-refractivity contribution < 1.29 is 8.42 Å². The van der Waals surface area contributed by atoms with Gasteiger partial charge in [0.05, 0.1) is 12.3 Å². The molecule has 1 saturated heterocycles. The van der Waals surface area contributed by atoms with Crippen LogP contribution in [0.1, 0.15) is 33.1 Å². The number of hydrogen-bond acceptors (Lipinski definition) is 5. The number of sulfonamides is 1. The maximum absolute atomic E-state index is 11.5. The fraction of sp³-hybridized carbons (Fsp3) is 0.929. The van der Waals surface area contributed by atoms with Gasteiger partial charge in [-0.3, -0.25) is 5.32 Å². The molecular weight excluding hydrogens is 288 g/mol. The molecule has 1 unspecified atom stereocenters. The monoisotopic (exact) mass is 316 g/mol. The summed E-state index contributed by atoms with van der Waals surface area (Å²) in [6, 6.07) is 2.41. The van der Waals surface area contributed by atoms with Gasteiger partial charge in [0.15, 0.2) is 0 Å². The summed E-state index contributed by atoms with van der Waals surface area (Å²) >= 11 is 0. The van der Waals surface area contributed by atoms with Gasteiger partial charge in [0.25, 0.3) is 0 Å². The van der Waals surface area contributed by atoms with Crippen molar-refractivity contribution in [3.63, 3.8) is 0 Å². The first-order chi connectivity index (χ1) is 9.87. The fourth-order valence-electron chi connectivity index (χ4n) is 2.79. The zero-order chi connectivity index (χ0) is 15.9. The first-order valence-corrected chi connectivity index (χ1v) is 9.55. The highest BCUT2D eigenvalue weighted by Gasteiger charge is 2.27. The molecule has 1 N–H and O–H groups in total. The van der Waals surface area contributed by atoms with Crippen LogP contribution in [-0.4, -0.2) is 68.7 Å². The van der Waals surface area contributed by atoms with Crippen LogP contribution in [0.4, 0.5) is 0 Å². The van der Waals surface area contributed by atoms with Crippen molar-refractivity contribution in [1.82, 2.24) is 14.5 Å². The largest absolute Gasteiger partial charge is 0.301 e. The molecule has 1 aliphatic heterocycles. The highest BCUT2D eigenvalue weighted by Crippen LogP contribution is 2.17. The lowest BCUT2D eigenvalue weighted by atomic mass is 9.92. The predicted octanol–water partition coefficient (Wildman–Crippen LogP) is 0.626. The van der Waals surface area contributed by atoms with Gasteiger partial charge in [-0.25, -0.2) is 8.42 Å². The Bertz CT molecular complexity index is 452. The molecular formula is C14H28N4O2S. The van der Waals surface area contributed by atoms with Crippen molar-refractivity contribution in [2.75, 3.05) is 45.5 Å². The van der Waals surface area contributed by atoms with Gasteiger partial charge in [-0.05, 0) is 32.4 Å². The van der Waals surface area contributed by atoms with E-state index in [-0.39, 0.29) is 0 Å². The van der Waals surface area contributed by atoms with Gasteiger partial charge >= 0.3 is 0 Å². The molecule has 21 heavy (non-hydrogen) atoms. The van der Waals surface area contributed by atoms with Crippen LogP contribution in [0.25, 0.3) is 0 Å². The molecule has 1 rings (SSSR count). The second-order valence-electron chi connectivity index (χ2n) is 5.69. The van der Waals surface area contributed by atoms with E-state index >= 15 is 0 Å². The maximum atomic E-state index is 11.5. The van der Waals surface area contributed by atoms with Gasteiger partial charge in [0, 0.05) is 26.2 Å². The van der Waals surface area contributed by atoms with E-state index in [2.05, 4.69) is 16.3 Å². The summed E-state index contributed by atoms with van der Waals surface area (Å²) < 4.78 is 24.4. The second-order valence-corrected chi connectivity index (χ2v) is 7.67. The summed E-state index contributed by atoms with van der Waals surface area (Å²) in [4.78, 5) is 2.28. The Morgan fingerprint density at radius 2 is 1.86 bits per heavy atom. The first-order valence-electron chi connectivity index (χ1n) is 7.70. The number of rotatable bonds is 8. The van der Waals surface area contributed by atoms with E-state index in [1.54, 1.807) is 0 Å². The second kappa shape index (κ2) is 8.08.